The van der Waals surface area contributed by atoms with Crippen molar-refractivity contribution in [1.82, 2.24) is 64.0 Å². The number of aromatic amines is 7. The third kappa shape index (κ3) is 23.8. The average molecular weight is 1770 g/mol. The molecule has 8 aromatic carbocycles. The Hall–Kier alpha value is -11.3. The number of ether oxygens (including phenoxy) is 3. The zero-order chi connectivity index (χ0) is 93.1. The summed E-state index contributed by atoms with van der Waals surface area (Å²) < 4.78 is 18.0. The van der Waals surface area contributed by atoms with Crippen LogP contribution in [0, 0.1) is 25.7 Å². The molecule has 0 spiro atoms. The fourth-order valence-electron chi connectivity index (χ4n) is 20.0. The molecule has 8 aromatic heterocycles. The number of nitrogens with one attached hydrogen (secondary N) is 7. The number of likely N-dealkylation sites (N-methyl/N-ethyl adjacent to an activating group) is 4. The molecule has 1 saturated carbocycles. The summed E-state index contributed by atoms with van der Waals surface area (Å²) in [6.07, 6.45) is 21.9. The second-order valence-electron chi connectivity index (χ2n) is 37.3. The number of H-pyrrole nitrogens is 7. The fourth-order valence-corrected chi connectivity index (χ4v) is 20.0. The highest BCUT2D eigenvalue weighted by Gasteiger charge is 2.49. The summed E-state index contributed by atoms with van der Waals surface area (Å²) in [4.78, 5) is 40.3. The lowest BCUT2D eigenvalue weighted by atomic mass is 9.65. The number of nitrogens with two attached hydrogens (primary N) is 2. The van der Waals surface area contributed by atoms with Gasteiger partial charge in [-0.2, -0.15) is 0 Å². The van der Waals surface area contributed by atoms with Gasteiger partial charge >= 0.3 is 0 Å². The standard InChI is InChI=1S/C20H26N2O.C15H22N2.C13H14N2O.C13H18N2O.2C13H18N2.C12H16N2O.C12H16N2/c1-3-13-8-12-9-17-19-15(6-7-22(11-12)20(13)17)16-10-14(23-2)4-5-18(16)21-19;1-4-17(5-2)11-10-13-12(3)16-15-9-7-6-8-14(13)15;1-8-13-11(5-6-14-8)10-4-3-9(16-2)7-12(10)15-13;1-14(2)8-7-10-9-15(3)11-5-4-6-12(16)13(10)11;1-10(15(2)3)8-11-9-14-13-7-5-4-6-12(11)13;1-10-11(8-9-15(2)3)12-6-4-5-7-13(12)14-10;1-8(13)5-9-7-14-12-4-3-10(15-2)6-11(9)12;1-2-10(13)7-9-8-14-12-6-4-3-5-11(9)12/h4-5,10,12-13,17,20-21H,3,6-9,11H2,1-2H3;6-9,16H,4-5,10-11H2,1-3H3;3-4,7,15H,5-6H2,1-2H3;4-6,9,16H,7-8H2,1-3H3;4-7,9-10,14H,8H2,1-3H3;4-7,14H,8-9H2,1-3H3;3-4,6-8,14H,5,13H2,1-2H3;3-6,8,10,14H,2,7,13H2,1H3/t12-,13-,17-,20?;;;;;;;/m0......./s1. The van der Waals surface area contributed by atoms with Gasteiger partial charge in [-0.05, 0) is 302 Å². The van der Waals surface area contributed by atoms with Crippen LogP contribution in [0.15, 0.2) is 200 Å². The number of nitrogens with zero attached hydrogens (tertiary/aromatic N) is 7. The first-order valence-electron chi connectivity index (χ1n) is 47.7. The van der Waals surface area contributed by atoms with Crippen LogP contribution in [0.4, 0.5) is 0 Å². The molecule has 8 atom stereocenters. The third-order valence-corrected chi connectivity index (χ3v) is 27.5. The van der Waals surface area contributed by atoms with Crippen molar-refractivity contribution >= 4 is 92.9 Å². The van der Waals surface area contributed by atoms with E-state index in [1.807, 2.05) is 68.7 Å². The quantitative estimate of drug-likeness (QED) is 0.0289. The average Bonchev–Trinajstić information content (AvgIpc) is 1.59. The molecule has 20 heteroatoms. The molecule has 0 amide bonds. The molecule has 4 bridgehead atoms. The number of para-hydroxylation sites is 4. The highest BCUT2D eigenvalue weighted by molar-refractivity contribution is 6.05. The van der Waals surface area contributed by atoms with Crippen molar-refractivity contribution in [2.24, 2.45) is 35.3 Å². The molecule has 12 N–H and O–H groups in total. The number of aliphatic imine (C=N–C) groups is 1. The van der Waals surface area contributed by atoms with E-state index in [4.69, 9.17) is 25.7 Å². The Kier molecular flexibility index (Phi) is 33.9. The van der Waals surface area contributed by atoms with Gasteiger partial charge in [-0.15, -0.1) is 0 Å². The summed E-state index contributed by atoms with van der Waals surface area (Å²) in [5, 5.41) is 20.2. The van der Waals surface area contributed by atoms with Crippen LogP contribution in [0.1, 0.15) is 147 Å². The van der Waals surface area contributed by atoms with E-state index < -0.39 is 0 Å². The number of aromatic hydroxyl groups is 1. The molecule has 20 nitrogen and oxygen atoms in total. The summed E-state index contributed by atoms with van der Waals surface area (Å²) in [7, 11) is 19.7. The molecule has 5 unspecified atom stereocenters. The van der Waals surface area contributed by atoms with Gasteiger partial charge in [0.1, 0.15) is 23.0 Å². The van der Waals surface area contributed by atoms with E-state index in [1.54, 1.807) is 38.7 Å². The van der Waals surface area contributed by atoms with E-state index in [-0.39, 0.29) is 12.1 Å². The van der Waals surface area contributed by atoms with Gasteiger partial charge in [0.15, 0.2) is 0 Å². The molecule has 21 rings (SSSR count). The maximum atomic E-state index is 9.90. The molecule has 12 heterocycles. The Morgan fingerprint density at radius 3 is 1.61 bits per heavy atom. The number of hydrogen-bond donors (Lipinski definition) is 10. The minimum atomic E-state index is 0.176. The smallest absolute Gasteiger partial charge is 0.125 e. The van der Waals surface area contributed by atoms with E-state index >= 15 is 0 Å². The molecule has 1 aliphatic carbocycles. The minimum Gasteiger partial charge on any atom is -0.507 e. The Balaban J connectivity index is 0.000000128. The maximum absolute atomic E-state index is 9.90. The first-order chi connectivity index (χ1) is 63.3. The van der Waals surface area contributed by atoms with Crippen molar-refractivity contribution < 1.29 is 19.3 Å². The second kappa shape index (κ2) is 45.7. The van der Waals surface area contributed by atoms with E-state index in [1.165, 1.54) is 160 Å². The number of benzene rings is 8. The number of phenols is 1. The van der Waals surface area contributed by atoms with Gasteiger partial charge in [0.2, 0.25) is 0 Å². The highest BCUT2D eigenvalue weighted by atomic mass is 16.5. The molecule has 16 aromatic rings. The van der Waals surface area contributed by atoms with Crippen molar-refractivity contribution in [3.05, 3.63) is 262 Å². The van der Waals surface area contributed by atoms with Crippen LogP contribution in [-0.2, 0) is 58.4 Å². The SMILES string of the molecule is CC(Cc1c[nH]c2ccccc12)N(C)C.CCC(N)Cc1c[nH]c2ccccc12.CCN(CC)CCc1c(C)[nH]c2ccccc12.CC[C@H]1C[C@H]2C[C@H]3c4[nH]c5ccc(OC)cc5c4CCN(C2)C13.CN(C)CCc1cn(C)c2cccc(O)c12.COc1ccc2[nH]cc(CC(C)N)c2c1.COc1ccc2c3c([nH]c2c1)C(C)=NCC3.Cc1[nH]c2ccccc2c1CCN(C)C. The molecule has 0 radical (unpaired) electrons. The number of aryl methyl sites for hydroxylation is 3. The number of piperidine rings is 2. The predicted molar refractivity (Wildman–Crippen MR) is 553 cm³/mol. The van der Waals surface area contributed by atoms with Crippen LogP contribution in [0.2, 0.25) is 0 Å². The van der Waals surface area contributed by atoms with E-state index in [0.29, 0.717) is 17.7 Å². The lowest BCUT2D eigenvalue weighted by molar-refractivity contribution is -0.0134. The van der Waals surface area contributed by atoms with Crippen molar-refractivity contribution in [2.75, 3.05) is 116 Å². The molecule has 2 saturated heterocycles. The van der Waals surface area contributed by atoms with Crippen LogP contribution < -0.4 is 25.7 Å². The number of phenolic OH excluding ortho intramolecular Hbond substituents is 1. The molecular formula is C111H148N16O4. The minimum absolute atomic E-state index is 0.176. The molecule has 696 valence electrons. The van der Waals surface area contributed by atoms with Crippen LogP contribution in [-0.4, -0.2) is 215 Å². The molecule has 5 aliphatic rings. The molecule has 4 aliphatic heterocycles. The van der Waals surface area contributed by atoms with Gasteiger partial charge in [-0.25, -0.2) is 0 Å². The Morgan fingerprint density at radius 2 is 1.04 bits per heavy atom. The highest BCUT2D eigenvalue weighted by Crippen LogP contribution is 2.51. The van der Waals surface area contributed by atoms with Crippen LogP contribution in [0.3, 0.4) is 0 Å². The van der Waals surface area contributed by atoms with Crippen LogP contribution in [0.25, 0.3) is 87.2 Å². The molecule has 131 heavy (non-hydrogen) atoms. The predicted octanol–water partition coefficient (Wildman–Crippen LogP) is 21.6. The molecular weight excluding hydrogens is 1620 g/mol. The first-order valence-corrected chi connectivity index (χ1v) is 47.7. The lowest BCUT2D eigenvalue weighted by Gasteiger charge is -2.53. The van der Waals surface area contributed by atoms with E-state index in [0.717, 1.165) is 153 Å². The number of hydrogen-bond acceptors (Lipinski definition) is 12. The molecule has 3 fully saturated rings. The van der Waals surface area contributed by atoms with Gasteiger partial charge in [0.05, 0.1) is 38.3 Å². The summed E-state index contributed by atoms with van der Waals surface area (Å²) in [5.74, 6) is 5.63. The van der Waals surface area contributed by atoms with Crippen molar-refractivity contribution in [1.29, 1.82) is 0 Å². The van der Waals surface area contributed by atoms with Crippen molar-refractivity contribution in [3.8, 4) is 23.0 Å². The Morgan fingerprint density at radius 1 is 0.511 bits per heavy atom. The van der Waals surface area contributed by atoms with Crippen molar-refractivity contribution in [3.63, 3.8) is 0 Å². The number of aromatic nitrogens is 8. The Bertz CT molecular complexity index is 6370. The largest absolute Gasteiger partial charge is 0.507 e. The van der Waals surface area contributed by atoms with E-state index in [2.05, 4.69) is 300 Å². The zero-order valence-electron chi connectivity index (χ0n) is 81.6. The van der Waals surface area contributed by atoms with E-state index in [9.17, 15) is 5.11 Å². The monoisotopic (exact) mass is 1770 g/mol. The first kappa shape index (κ1) is 97.2. The van der Waals surface area contributed by atoms with Crippen molar-refractivity contribution in [2.45, 2.75) is 169 Å². The summed E-state index contributed by atoms with van der Waals surface area (Å²) >= 11 is 0. The number of rotatable bonds is 23. The topological polar surface area (TPSA) is 244 Å². The van der Waals surface area contributed by atoms with Gasteiger partial charge in [-0.3, -0.25) is 9.89 Å². The second-order valence-corrected chi connectivity index (χ2v) is 37.3. The lowest BCUT2D eigenvalue weighted by Crippen LogP contribution is -2.56. The number of methoxy groups -OCH3 is 3. The number of fused-ring (bicyclic) bond motifs is 13. The maximum Gasteiger partial charge on any atom is 0.125 e. The normalized spacial score (nSPS) is 16.6. The van der Waals surface area contributed by atoms with Gasteiger partial charge in [0.25, 0.3) is 0 Å². The third-order valence-electron chi connectivity index (χ3n) is 27.5. The van der Waals surface area contributed by atoms with Gasteiger partial charge in [-0.1, -0.05) is 113 Å². The Labute approximate surface area is 777 Å². The summed E-state index contributed by atoms with van der Waals surface area (Å²) in [6, 6.07) is 60.1. The van der Waals surface area contributed by atoms with Gasteiger partial charge in [0, 0.05) is 206 Å². The van der Waals surface area contributed by atoms with Gasteiger partial charge < -0.3 is 89.8 Å². The van der Waals surface area contributed by atoms with Crippen LogP contribution >= 0.6 is 0 Å². The fraction of sp³-hybridized carbons (Fsp3) is 0.414. The summed E-state index contributed by atoms with van der Waals surface area (Å²) in [5.41, 5.74) is 38.9. The zero-order valence-corrected chi connectivity index (χ0v) is 81.6. The summed E-state index contributed by atoms with van der Waals surface area (Å²) in [6.45, 7) is 28.6. The van der Waals surface area contributed by atoms with Crippen LogP contribution in [0.5, 0.6) is 23.0 Å².